The van der Waals surface area contributed by atoms with Gasteiger partial charge in [-0.1, -0.05) is 37.6 Å². The van der Waals surface area contributed by atoms with Gasteiger partial charge in [0.05, 0.1) is 42.9 Å². The number of nitrogens with one attached hydrogen (secondary N) is 1. The number of nitriles is 1. The number of halogens is 5. The molecule has 0 unspecified atom stereocenters. The molecule has 0 saturated carbocycles. The molecule has 1 amide bonds. The Morgan fingerprint density at radius 2 is 1.72 bits per heavy atom. The summed E-state index contributed by atoms with van der Waals surface area (Å²) in [7, 11) is -8.55. The van der Waals surface area contributed by atoms with Crippen molar-refractivity contribution >= 4 is 27.5 Å². The lowest BCUT2D eigenvalue weighted by atomic mass is 10.1. The highest BCUT2D eigenvalue weighted by Gasteiger charge is 2.65. The summed E-state index contributed by atoms with van der Waals surface area (Å²) in [6.45, 7) is 4.08. The molecular formula is C32H26F5N7O2S. The Balaban J connectivity index is 1.29. The van der Waals surface area contributed by atoms with Crippen molar-refractivity contribution in [1.82, 2.24) is 24.0 Å². The molecule has 242 valence electrons. The van der Waals surface area contributed by atoms with E-state index in [0.717, 1.165) is 28.5 Å². The van der Waals surface area contributed by atoms with E-state index >= 15 is 0 Å². The van der Waals surface area contributed by atoms with E-state index in [0.29, 0.717) is 29.1 Å². The molecule has 0 aliphatic heterocycles. The number of hydrogen-bond acceptors (Lipinski definition) is 5. The van der Waals surface area contributed by atoms with E-state index in [1.54, 1.807) is 54.0 Å². The zero-order valence-corrected chi connectivity index (χ0v) is 25.9. The highest BCUT2D eigenvalue weighted by molar-refractivity contribution is 8.45. The molecule has 0 fully saturated rings. The number of rotatable bonds is 8. The van der Waals surface area contributed by atoms with Crippen LogP contribution in [0.1, 0.15) is 32.6 Å². The molecule has 0 saturated heterocycles. The number of fused-ring (bicyclic) bond motifs is 1. The van der Waals surface area contributed by atoms with Gasteiger partial charge >= 0.3 is 10.2 Å². The maximum absolute atomic E-state index is 13.5. The summed E-state index contributed by atoms with van der Waals surface area (Å²) in [5.74, 6) is -0.324. The van der Waals surface area contributed by atoms with Crippen molar-refractivity contribution < 1.29 is 29.0 Å². The third-order valence-corrected chi connectivity index (χ3v) is 8.67. The number of methoxy groups -OCH3 is 1. The van der Waals surface area contributed by atoms with Gasteiger partial charge in [-0.3, -0.25) is 14.0 Å². The van der Waals surface area contributed by atoms with E-state index in [9.17, 15) is 24.2 Å². The average molecular weight is 668 g/mol. The van der Waals surface area contributed by atoms with Crippen molar-refractivity contribution in [3.05, 3.63) is 113 Å². The Labute approximate surface area is 265 Å². The summed E-state index contributed by atoms with van der Waals surface area (Å²) < 4.78 is 78.2. The SMILES string of the molecule is COc1ccc(Cn2cc(-c3cc4n(-c5cc(NC(=O)c6cc(C#N)cc(S(F)(F)(F)(F)F)c6)c(C)cc5C)ccn4n3)cn2)cc1. The van der Waals surface area contributed by atoms with Crippen molar-refractivity contribution in [1.29, 1.82) is 5.26 Å². The summed E-state index contributed by atoms with van der Waals surface area (Å²) in [6.07, 6.45) is 7.10. The number of nitrogens with zero attached hydrogens (tertiary/aromatic N) is 6. The molecule has 3 aromatic heterocycles. The molecule has 3 aromatic carbocycles. The van der Waals surface area contributed by atoms with E-state index in [1.165, 1.54) is 6.07 Å². The quantitative estimate of drug-likeness (QED) is 0.164. The highest BCUT2D eigenvalue weighted by atomic mass is 32.5. The topological polar surface area (TPSA) is 102 Å². The minimum Gasteiger partial charge on any atom is -0.497 e. The molecule has 0 atom stereocenters. The fraction of sp³-hybridized carbons (Fsp3) is 0.125. The molecule has 6 rings (SSSR count). The van der Waals surface area contributed by atoms with E-state index in [-0.39, 0.29) is 17.8 Å². The smallest absolute Gasteiger partial charge is 0.310 e. The first-order valence-corrected chi connectivity index (χ1v) is 15.9. The third kappa shape index (κ3) is 6.40. The number of ether oxygens (including phenoxy) is 1. The van der Waals surface area contributed by atoms with E-state index in [1.807, 2.05) is 48.0 Å². The van der Waals surface area contributed by atoms with Gasteiger partial charge in [-0.15, -0.1) is 0 Å². The number of aromatic nitrogens is 5. The van der Waals surface area contributed by atoms with Crippen LogP contribution in [0.15, 0.2) is 90.3 Å². The third-order valence-electron chi connectivity index (χ3n) is 7.55. The lowest BCUT2D eigenvalue weighted by molar-refractivity contribution is 0.102. The summed E-state index contributed by atoms with van der Waals surface area (Å²) in [6, 6.07) is 15.3. The fourth-order valence-corrected chi connectivity index (χ4v) is 5.87. The number of carbonyl (C=O) groups excluding carboxylic acids is 1. The van der Waals surface area contributed by atoms with Crippen LogP contribution < -0.4 is 10.1 Å². The van der Waals surface area contributed by atoms with Crippen LogP contribution >= 0.6 is 10.2 Å². The average Bonchev–Trinajstić information content (AvgIpc) is 3.74. The number of benzene rings is 3. The molecule has 0 aliphatic carbocycles. The molecular weight excluding hydrogens is 641 g/mol. The van der Waals surface area contributed by atoms with Crippen LogP contribution in [0.5, 0.6) is 5.75 Å². The number of amides is 1. The van der Waals surface area contributed by atoms with Crippen LogP contribution in [0.3, 0.4) is 0 Å². The molecule has 0 spiro atoms. The van der Waals surface area contributed by atoms with E-state index in [4.69, 9.17) is 10.00 Å². The molecule has 0 bridgehead atoms. The normalized spacial score (nSPS) is 13.2. The van der Waals surface area contributed by atoms with Gasteiger partial charge in [0.1, 0.15) is 16.3 Å². The molecule has 0 radical (unpaired) electrons. The van der Waals surface area contributed by atoms with Gasteiger partial charge in [-0.2, -0.15) is 15.5 Å². The van der Waals surface area contributed by atoms with Crippen molar-refractivity contribution in [2.75, 3.05) is 12.4 Å². The summed E-state index contributed by atoms with van der Waals surface area (Å²) in [5.41, 5.74) is 3.95. The minimum absolute atomic E-state index is 0.0383. The van der Waals surface area contributed by atoms with Gasteiger partial charge < -0.3 is 10.1 Å². The monoisotopic (exact) mass is 667 g/mol. The van der Waals surface area contributed by atoms with Crippen LogP contribution in [0.4, 0.5) is 25.1 Å². The largest absolute Gasteiger partial charge is 0.497 e. The van der Waals surface area contributed by atoms with E-state index < -0.39 is 32.2 Å². The summed E-state index contributed by atoms with van der Waals surface area (Å²) >= 11 is 0. The van der Waals surface area contributed by atoms with Gasteiger partial charge in [-0.05, 0) is 66.9 Å². The van der Waals surface area contributed by atoms with Gasteiger partial charge in [0.2, 0.25) is 0 Å². The second kappa shape index (κ2) is 10.5. The number of imidazole rings is 1. The van der Waals surface area contributed by atoms with Crippen LogP contribution in [0.25, 0.3) is 22.6 Å². The van der Waals surface area contributed by atoms with Crippen molar-refractivity contribution in [2.45, 2.75) is 25.3 Å². The second-order valence-corrected chi connectivity index (χ2v) is 13.4. The Bertz CT molecular complexity index is 2230. The Morgan fingerprint density at radius 1 is 0.979 bits per heavy atom. The van der Waals surface area contributed by atoms with Crippen molar-refractivity contribution in [2.24, 2.45) is 0 Å². The first-order valence-electron chi connectivity index (χ1n) is 14.0. The molecule has 47 heavy (non-hydrogen) atoms. The molecule has 6 aromatic rings. The predicted molar refractivity (Wildman–Crippen MR) is 168 cm³/mol. The first-order chi connectivity index (χ1) is 22.0. The van der Waals surface area contributed by atoms with Crippen LogP contribution in [-0.2, 0) is 6.54 Å². The molecule has 0 aliphatic rings. The number of aryl methyl sites for hydroxylation is 2. The lowest BCUT2D eigenvalue weighted by Gasteiger charge is -2.40. The summed E-state index contributed by atoms with van der Waals surface area (Å²) in [5, 5.41) is 20.8. The Hall–Kier alpha value is -5.62. The Morgan fingerprint density at radius 3 is 2.40 bits per heavy atom. The first kappa shape index (κ1) is 31.4. The van der Waals surface area contributed by atoms with Crippen molar-refractivity contribution in [3.8, 4) is 28.8 Å². The maximum Gasteiger partial charge on any atom is 0.310 e. The second-order valence-electron chi connectivity index (χ2n) is 11.0. The zero-order valence-electron chi connectivity index (χ0n) is 25.1. The lowest BCUT2D eigenvalue weighted by Crippen LogP contribution is -2.15. The molecule has 1 N–H and O–H groups in total. The Kier molecular flexibility index (Phi) is 6.98. The molecule has 9 nitrogen and oxygen atoms in total. The number of hydrogen-bond donors (Lipinski definition) is 1. The van der Waals surface area contributed by atoms with Gasteiger partial charge in [0.15, 0.2) is 0 Å². The fourth-order valence-electron chi connectivity index (χ4n) is 5.17. The number of anilines is 1. The predicted octanol–water partition coefficient (Wildman–Crippen LogP) is 8.44. The van der Waals surface area contributed by atoms with Gasteiger partial charge in [0.25, 0.3) is 5.91 Å². The highest BCUT2D eigenvalue weighted by Crippen LogP contribution is 3.02. The minimum atomic E-state index is -10.2. The van der Waals surface area contributed by atoms with Gasteiger partial charge in [0, 0.05) is 41.5 Å². The standard InChI is InChI=1S/C32H26F5N7O2S/c1-20-10-21(2)30(14-28(20)40-32(45)24-11-23(16-38)12-27(13-24)47(33,34,35,36)37)43-8-9-44-31(43)15-29(41-44)25-17-39-42(19-25)18-22-4-6-26(46-3)7-5-22/h4-15,17,19H,18H2,1-3H3,(H,40,45). The maximum atomic E-state index is 13.5. The molecule has 3 heterocycles. The summed E-state index contributed by atoms with van der Waals surface area (Å²) in [4.78, 5) is 10.8. The number of carbonyl (C=O) groups is 1. The van der Waals surface area contributed by atoms with Crippen LogP contribution in [0, 0.1) is 25.2 Å². The van der Waals surface area contributed by atoms with E-state index in [2.05, 4.69) is 15.5 Å². The molecule has 15 heteroatoms. The zero-order chi connectivity index (χ0) is 33.8. The van der Waals surface area contributed by atoms with Crippen molar-refractivity contribution in [3.63, 3.8) is 0 Å². The van der Waals surface area contributed by atoms with Crippen LogP contribution in [0.2, 0.25) is 0 Å². The van der Waals surface area contributed by atoms with Gasteiger partial charge in [-0.25, -0.2) is 4.52 Å². The van der Waals surface area contributed by atoms with Crippen LogP contribution in [-0.4, -0.2) is 37.0 Å².